The van der Waals surface area contributed by atoms with Crippen LogP contribution in [0.2, 0.25) is 0 Å². The fourth-order valence-electron chi connectivity index (χ4n) is 0.254. The zero-order valence-electron chi connectivity index (χ0n) is 5.64. The van der Waals surface area contributed by atoms with Gasteiger partial charge in [0.15, 0.2) is 0 Å². The maximum Gasteiger partial charge on any atom is 0.313 e. The molecule has 0 aromatic carbocycles. The molecule has 0 fully saturated rings. The Morgan fingerprint density at radius 1 is 1.75 bits per heavy atom. The van der Waals surface area contributed by atoms with Gasteiger partial charge in [-0.05, 0) is 6.92 Å². The van der Waals surface area contributed by atoms with Crippen molar-refractivity contribution in [1.29, 1.82) is 0 Å². The summed E-state index contributed by atoms with van der Waals surface area (Å²) in [5.41, 5.74) is 0. The van der Waals surface area contributed by atoms with Gasteiger partial charge in [0.1, 0.15) is 12.2 Å². The molecule has 0 rings (SSSR count). The summed E-state index contributed by atoms with van der Waals surface area (Å²) in [6, 6.07) is 0. The molecule has 0 N–H and O–H groups in total. The van der Waals surface area contributed by atoms with E-state index in [0.717, 1.165) is 0 Å². The topological polar surface area (TPSA) is 43.4 Å². The Kier molecular flexibility index (Phi) is 2.10. The summed E-state index contributed by atoms with van der Waals surface area (Å²) in [5.74, 6) is -0.869. The lowest BCUT2D eigenvalue weighted by Gasteiger charge is -1.90. The van der Waals surface area contributed by atoms with Gasteiger partial charge in [0.2, 0.25) is 0 Å². The van der Waals surface area contributed by atoms with Crippen LogP contribution in [0.4, 0.5) is 0 Å². The van der Waals surface area contributed by atoms with Crippen molar-refractivity contribution >= 4 is 11.8 Å². The van der Waals surface area contributed by atoms with Crippen molar-refractivity contribution in [1.82, 2.24) is 0 Å². The summed E-state index contributed by atoms with van der Waals surface area (Å²) < 4.78 is 10.6. The lowest BCUT2D eigenvalue weighted by Crippen LogP contribution is -2.05. The first-order chi connectivity index (χ1) is 4.16. The smallest absolute Gasteiger partial charge is 0.313 e. The fourth-order valence-corrected chi connectivity index (χ4v) is 0.254. The number of hydrogen-bond acceptors (Lipinski definition) is 3. The number of rotatable bonds is 2. The average Bonchev–Trinajstić information content (AvgIpc) is 1.63. The summed E-state index contributed by atoms with van der Waals surface area (Å²) in [6.45, 7) is 1.30. The van der Waals surface area contributed by atoms with E-state index in [1.165, 1.54) is 6.92 Å². The van der Waals surface area contributed by atoms with Crippen LogP contribution in [0.3, 0.4) is 0 Å². The average molecular weight is 118 g/mol. The summed E-state index contributed by atoms with van der Waals surface area (Å²) >= 11 is 0. The summed E-state index contributed by atoms with van der Waals surface area (Å²) in [7, 11) is -0.411. The van der Waals surface area contributed by atoms with Crippen LogP contribution < -0.4 is 0 Å². The van der Waals surface area contributed by atoms with Crippen molar-refractivity contribution in [3.63, 3.8) is 0 Å². The number of methoxy groups -OCH3 is 1. The minimum atomic E-state index is -0.627. The molecule has 3 nitrogen and oxygen atoms in total. The number of Topliss-reactive ketones (excluding diaryl/α,β-unsaturated/α-hetero) is 1. The molecular weight excluding hydrogens is 108 g/mol. The number of esters is 1. The molecule has 8 heavy (non-hydrogen) atoms. The molecular formula is C5H8O3. The van der Waals surface area contributed by atoms with Crippen molar-refractivity contribution in [3.8, 4) is 0 Å². The predicted octanol–water partition coefficient (Wildman–Crippen LogP) is 0.139. The van der Waals surface area contributed by atoms with E-state index in [-0.39, 0.29) is 12.2 Å². The molecule has 0 heterocycles. The lowest BCUT2D eigenvalue weighted by molar-refractivity contribution is -0.142. The minimum Gasteiger partial charge on any atom is -0.469 e. The van der Waals surface area contributed by atoms with Crippen LogP contribution in [0, 0.1) is 0 Å². The van der Waals surface area contributed by atoms with Crippen LogP contribution >= 0.6 is 0 Å². The van der Waals surface area contributed by atoms with Gasteiger partial charge in [-0.3, -0.25) is 9.59 Å². The molecule has 0 spiro atoms. The Labute approximate surface area is 49.0 Å². The van der Waals surface area contributed by atoms with Gasteiger partial charge in [-0.2, -0.15) is 0 Å². The predicted molar refractivity (Wildman–Crippen MR) is 27.3 cm³/mol. The molecule has 0 aliphatic carbocycles. The van der Waals surface area contributed by atoms with Crippen LogP contribution in [0.15, 0.2) is 0 Å². The Morgan fingerprint density at radius 2 is 2.38 bits per heavy atom. The molecule has 0 aliphatic rings. The third-order valence-corrected chi connectivity index (χ3v) is 0.554. The van der Waals surface area contributed by atoms with Gasteiger partial charge in [-0.15, -0.1) is 0 Å². The molecule has 0 unspecified atom stereocenters. The van der Waals surface area contributed by atoms with E-state index in [2.05, 4.69) is 4.74 Å². The normalized spacial score (nSPS) is 9.88. The maximum absolute atomic E-state index is 10.3. The standard InChI is InChI=1S/C5H8O3/c1-4(6)3-5(7)8-2/h3H2,1-2H3/i2T. The van der Waals surface area contributed by atoms with E-state index in [4.69, 9.17) is 1.37 Å². The van der Waals surface area contributed by atoms with Crippen molar-refractivity contribution in [2.75, 3.05) is 7.09 Å². The zero-order valence-corrected chi connectivity index (χ0v) is 4.64. The Morgan fingerprint density at radius 3 is 2.75 bits per heavy atom. The number of ketones is 1. The van der Waals surface area contributed by atoms with Crippen LogP contribution in [-0.4, -0.2) is 18.8 Å². The Balaban J connectivity index is 3.39. The minimum absolute atomic E-state index is 0.223. The lowest BCUT2D eigenvalue weighted by atomic mass is 10.3. The van der Waals surface area contributed by atoms with Crippen molar-refractivity contribution < 1.29 is 15.7 Å². The second-order valence-electron chi connectivity index (χ2n) is 1.40. The molecule has 0 bridgehead atoms. The first-order valence-corrected chi connectivity index (χ1v) is 2.11. The van der Waals surface area contributed by atoms with E-state index >= 15 is 0 Å². The van der Waals surface area contributed by atoms with E-state index in [1.807, 2.05) is 0 Å². The molecule has 0 atom stereocenters. The molecule has 0 saturated carbocycles. The van der Waals surface area contributed by atoms with Crippen molar-refractivity contribution in [2.45, 2.75) is 13.3 Å². The summed E-state index contributed by atoms with van der Waals surface area (Å²) in [5, 5.41) is 0. The van der Waals surface area contributed by atoms with Crippen LogP contribution in [-0.2, 0) is 14.3 Å². The first kappa shape index (κ1) is 5.28. The van der Waals surface area contributed by atoms with Crippen molar-refractivity contribution in [3.05, 3.63) is 0 Å². The van der Waals surface area contributed by atoms with Crippen LogP contribution in [0.5, 0.6) is 0 Å². The van der Waals surface area contributed by atoms with Gasteiger partial charge in [-0.25, -0.2) is 0 Å². The SMILES string of the molecule is [3H]COC(=O)CC(C)=O. The van der Waals surface area contributed by atoms with Gasteiger partial charge < -0.3 is 4.74 Å². The monoisotopic (exact) mass is 118 g/mol. The number of carbonyl (C=O) groups excluding carboxylic acids is 2. The van der Waals surface area contributed by atoms with Gasteiger partial charge in [0.05, 0.1) is 8.46 Å². The molecule has 46 valence electrons. The van der Waals surface area contributed by atoms with Gasteiger partial charge >= 0.3 is 5.97 Å². The van der Waals surface area contributed by atoms with E-state index in [0.29, 0.717) is 0 Å². The first-order valence-electron chi connectivity index (χ1n) is 2.82. The van der Waals surface area contributed by atoms with Crippen LogP contribution in [0.25, 0.3) is 0 Å². The highest BCUT2D eigenvalue weighted by Gasteiger charge is 2.01. The molecule has 0 aromatic rings. The highest BCUT2D eigenvalue weighted by atomic mass is 16.5. The van der Waals surface area contributed by atoms with E-state index in [1.54, 1.807) is 0 Å². The molecule has 0 aromatic heterocycles. The highest BCUT2D eigenvalue weighted by molar-refractivity contribution is 5.93. The zero-order chi connectivity index (χ0) is 7.28. The second-order valence-corrected chi connectivity index (χ2v) is 1.40. The van der Waals surface area contributed by atoms with E-state index < -0.39 is 13.1 Å². The summed E-state index contributed by atoms with van der Waals surface area (Å²) in [6.07, 6.45) is -0.223. The van der Waals surface area contributed by atoms with Gasteiger partial charge in [0, 0.05) is 0 Å². The Hall–Kier alpha value is -0.860. The van der Waals surface area contributed by atoms with Crippen molar-refractivity contribution in [2.24, 2.45) is 0 Å². The molecule has 3 heteroatoms. The molecule has 0 aliphatic heterocycles. The quantitative estimate of drug-likeness (QED) is 0.382. The summed E-state index contributed by atoms with van der Waals surface area (Å²) in [4.78, 5) is 20.5. The van der Waals surface area contributed by atoms with Crippen LogP contribution in [0.1, 0.15) is 14.7 Å². The molecule has 0 amide bonds. The second kappa shape index (κ2) is 3.18. The van der Waals surface area contributed by atoms with E-state index in [9.17, 15) is 9.59 Å². The molecule has 0 saturated heterocycles. The number of hydrogen-bond donors (Lipinski definition) is 0. The molecule has 0 radical (unpaired) electrons. The fraction of sp³-hybridized carbons (Fsp3) is 0.600. The number of ether oxygens (including phenoxy) is 1. The van der Waals surface area contributed by atoms with Gasteiger partial charge in [-0.1, -0.05) is 0 Å². The van der Waals surface area contributed by atoms with Gasteiger partial charge in [0.25, 0.3) is 0 Å². The Bertz CT molecular complexity index is 121. The largest absolute Gasteiger partial charge is 0.469 e. The third-order valence-electron chi connectivity index (χ3n) is 0.554. The third kappa shape index (κ3) is 3.33. The highest BCUT2D eigenvalue weighted by Crippen LogP contribution is 1.83. The maximum atomic E-state index is 10.3. The number of carbonyl (C=O) groups is 2.